The van der Waals surface area contributed by atoms with Crippen LogP contribution < -0.4 is 0 Å². The van der Waals surface area contributed by atoms with Crippen molar-refractivity contribution in [2.45, 2.75) is 4.90 Å². The number of benzene rings is 1. The predicted octanol–water partition coefficient (Wildman–Crippen LogP) is 1.91. The smallest absolute Gasteiger partial charge is 0.263 e. The second-order valence-corrected chi connectivity index (χ2v) is 6.01. The Bertz CT molecular complexity index is 644. The molecular weight excluding hydrogens is 250 g/mol. The van der Waals surface area contributed by atoms with E-state index in [0.717, 1.165) is 4.70 Å². The van der Waals surface area contributed by atoms with Crippen LogP contribution in [0.4, 0.5) is 0 Å². The molecule has 0 N–H and O–H groups in total. The molecule has 0 aliphatic heterocycles. The highest BCUT2D eigenvalue weighted by Crippen LogP contribution is 2.29. The molecular formula is C9H7NO4S2. The van der Waals surface area contributed by atoms with Crippen LogP contribution in [0.1, 0.15) is 0 Å². The number of fused-ring (bicyclic) bond motifs is 1. The van der Waals surface area contributed by atoms with Crippen molar-refractivity contribution in [2.24, 2.45) is 0 Å². The normalized spacial score (nSPS) is 11.8. The third-order valence-corrected chi connectivity index (χ3v) is 4.73. The Morgan fingerprint density at radius 2 is 2.00 bits per heavy atom. The number of sulfone groups is 1. The highest BCUT2D eigenvalue weighted by Gasteiger charge is 2.24. The summed E-state index contributed by atoms with van der Waals surface area (Å²) >= 11 is 1.27. The summed E-state index contributed by atoms with van der Waals surface area (Å²) in [6.07, 6.45) is 0. The molecule has 0 radical (unpaired) electrons. The maximum atomic E-state index is 11.7. The van der Waals surface area contributed by atoms with Crippen LogP contribution in [0, 0.1) is 10.1 Å². The van der Waals surface area contributed by atoms with E-state index >= 15 is 0 Å². The zero-order chi connectivity index (χ0) is 11.8. The Hall–Kier alpha value is -1.47. The first kappa shape index (κ1) is 11.0. The fourth-order valence-electron chi connectivity index (χ4n) is 1.40. The first-order valence-electron chi connectivity index (χ1n) is 4.31. The molecule has 16 heavy (non-hydrogen) atoms. The lowest BCUT2D eigenvalue weighted by Gasteiger charge is -1.97. The van der Waals surface area contributed by atoms with Crippen LogP contribution in [0.15, 0.2) is 34.5 Å². The molecule has 0 unspecified atom stereocenters. The zero-order valence-electron chi connectivity index (χ0n) is 7.99. The quantitative estimate of drug-likeness (QED) is 0.621. The largest absolute Gasteiger partial charge is 0.305 e. The summed E-state index contributed by atoms with van der Waals surface area (Å²) in [5, 5.41) is 12.3. The fourth-order valence-corrected chi connectivity index (χ4v) is 3.95. The lowest BCUT2D eigenvalue weighted by atomic mass is 10.3. The third kappa shape index (κ3) is 1.91. The standard InChI is InChI=1S/C9H7NO4S2/c11-10(12)6-16(13,14)9-5-15-8-4-2-1-3-7(8)9/h1-5H,6H2. The third-order valence-electron chi connectivity index (χ3n) is 2.06. The lowest BCUT2D eigenvalue weighted by molar-refractivity contribution is -0.458. The van der Waals surface area contributed by atoms with Crippen molar-refractivity contribution < 1.29 is 13.3 Å². The van der Waals surface area contributed by atoms with Crippen molar-refractivity contribution in [3.63, 3.8) is 0 Å². The minimum Gasteiger partial charge on any atom is -0.263 e. The van der Waals surface area contributed by atoms with Crippen LogP contribution in [-0.2, 0) is 9.84 Å². The van der Waals surface area contributed by atoms with Gasteiger partial charge in [0, 0.05) is 20.4 Å². The number of nitro groups is 1. The van der Waals surface area contributed by atoms with Crippen LogP contribution in [0.25, 0.3) is 10.1 Å². The van der Waals surface area contributed by atoms with E-state index in [2.05, 4.69) is 0 Å². The van der Waals surface area contributed by atoms with Crippen LogP contribution in [0.3, 0.4) is 0 Å². The van der Waals surface area contributed by atoms with Crippen molar-refractivity contribution in [3.8, 4) is 0 Å². The molecule has 2 aromatic rings. The van der Waals surface area contributed by atoms with Gasteiger partial charge in [-0.1, -0.05) is 18.2 Å². The van der Waals surface area contributed by atoms with Gasteiger partial charge in [-0.25, -0.2) is 8.42 Å². The van der Waals surface area contributed by atoms with E-state index in [1.165, 1.54) is 16.7 Å². The molecule has 5 nitrogen and oxygen atoms in total. The molecule has 0 aliphatic carbocycles. The summed E-state index contributed by atoms with van der Waals surface area (Å²) in [6.45, 7) is 0. The van der Waals surface area contributed by atoms with Crippen molar-refractivity contribution >= 4 is 31.3 Å². The van der Waals surface area contributed by atoms with E-state index in [4.69, 9.17) is 0 Å². The van der Waals surface area contributed by atoms with Crippen molar-refractivity contribution in [3.05, 3.63) is 39.8 Å². The summed E-state index contributed by atoms with van der Waals surface area (Å²) in [7, 11) is -3.83. The highest BCUT2D eigenvalue weighted by molar-refractivity contribution is 7.91. The molecule has 0 fully saturated rings. The summed E-state index contributed by atoms with van der Waals surface area (Å²) in [5.74, 6) is -1.06. The Morgan fingerprint density at radius 1 is 1.31 bits per heavy atom. The van der Waals surface area contributed by atoms with E-state index in [-0.39, 0.29) is 4.90 Å². The minimum atomic E-state index is -3.83. The Kier molecular flexibility index (Phi) is 2.64. The molecule has 1 aromatic heterocycles. The molecule has 1 aromatic carbocycles. The highest BCUT2D eigenvalue weighted by atomic mass is 32.2. The molecule has 0 aliphatic rings. The molecule has 0 atom stereocenters. The number of nitrogens with zero attached hydrogens (tertiary/aromatic N) is 1. The maximum absolute atomic E-state index is 11.7. The Morgan fingerprint density at radius 3 is 2.69 bits per heavy atom. The predicted molar refractivity (Wildman–Crippen MR) is 60.9 cm³/mol. The van der Waals surface area contributed by atoms with Crippen LogP contribution >= 0.6 is 11.3 Å². The molecule has 84 valence electrons. The average molecular weight is 257 g/mol. The van der Waals surface area contributed by atoms with Gasteiger partial charge in [-0.15, -0.1) is 11.3 Å². The molecule has 0 saturated carbocycles. The van der Waals surface area contributed by atoms with Gasteiger partial charge in [0.1, 0.15) is 0 Å². The lowest BCUT2D eigenvalue weighted by Crippen LogP contribution is -2.14. The van der Waals surface area contributed by atoms with Gasteiger partial charge >= 0.3 is 5.88 Å². The molecule has 1 heterocycles. The monoisotopic (exact) mass is 257 g/mol. The van der Waals surface area contributed by atoms with E-state index in [9.17, 15) is 18.5 Å². The van der Waals surface area contributed by atoms with Gasteiger partial charge in [0.15, 0.2) is 0 Å². The van der Waals surface area contributed by atoms with E-state index in [0.29, 0.717) is 5.39 Å². The number of thiophene rings is 1. The van der Waals surface area contributed by atoms with Gasteiger partial charge in [-0.2, -0.15) is 0 Å². The van der Waals surface area contributed by atoms with E-state index in [1.54, 1.807) is 24.3 Å². The second kappa shape index (κ2) is 3.84. The molecule has 2 rings (SSSR count). The molecule has 7 heteroatoms. The Balaban J connectivity index is 2.60. The summed E-state index contributed by atoms with van der Waals surface area (Å²) in [4.78, 5) is 9.49. The first-order valence-corrected chi connectivity index (χ1v) is 6.85. The number of hydrogen-bond acceptors (Lipinski definition) is 5. The molecule has 0 bridgehead atoms. The minimum absolute atomic E-state index is 0.0461. The van der Waals surface area contributed by atoms with Crippen LogP contribution in [-0.4, -0.2) is 19.2 Å². The van der Waals surface area contributed by atoms with Crippen LogP contribution in [0.5, 0.6) is 0 Å². The summed E-state index contributed by atoms with van der Waals surface area (Å²) < 4.78 is 24.2. The molecule has 0 spiro atoms. The second-order valence-electron chi connectivity index (χ2n) is 3.17. The Labute approximate surface area is 95.4 Å². The van der Waals surface area contributed by atoms with Crippen molar-refractivity contribution in [1.29, 1.82) is 0 Å². The van der Waals surface area contributed by atoms with Gasteiger partial charge in [-0.3, -0.25) is 10.1 Å². The molecule has 0 amide bonds. The maximum Gasteiger partial charge on any atom is 0.305 e. The van der Waals surface area contributed by atoms with Crippen LogP contribution in [0.2, 0.25) is 0 Å². The topological polar surface area (TPSA) is 77.3 Å². The van der Waals surface area contributed by atoms with Gasteiger partial charge in [0.25, 0.3) is 0 Å². The van der Waals surface area contributed by atoms with Gasteiger partial charge in [0.2, 0.25) is 9.84 Å². The van der Waals surface area contributed by atoms with Gasteiger partial charge in [-0.05, 0) is 6.07 Å². The summed E-state index contributed by atoms with van der Waals surface area (Å²) in [5.41, 5.74) is 0. The zero-order valence-corrected chi connectivity index (χ0v) is 9.62. The van der Waals surface area contributed by atoms with E-state index < -0.39 is 20.6 Å². The number of rotatable bonds is 3. The van der Waals surface area contributed by atoms with Crippen molar-refractivity contribution in [1.82, 2.24) is 0 Å². The van der Waals surface area contributed by atoms with Gasteiger partial charge in [0.05, 0.1) is 4.90 Å². The van der Waals surface area contributed by atoms with Crippen molar-refractivity contribution in [2.75, 3.05) is 5.88 Å². The average Bonchev–Trinajstić information content (AvgIpc) is 2.59. The fraction of sp³-hybridized carbons (Fsp3) is 0.111. The number of hydrogen-bond donors (Lipinski definition) is 0. The van der Waals surface area contributed by atoms with Gasteiger partial charge < -0.3 is 0 Å². The van der Waals surface area contributed by atoms with E-state index in [1.807, 2.05) is 0 Å². The first-order chi connectivity index (χ1) is 7.50. The summed E-state index contributed by atoms with van der Waals surface area (Å²) in [6, 6.07) is 6.94. The molecule has 0 saturated heterocycles. The SMILES string of the molecule is O=[N+]([O-])CS(=O)(=O)c1csc2ccccc12.